The van der Waals surface area contributed by atoms with E-state index in [1.807, 2.05) is 26.2 Å². The molecule has 7 N–H and O–H groups in total. The number of nitrogens with one attached hydrogen (secondary N) is 2. The number of benzene rings is 1. The maximum absolute atomic E-state index is 10.4. The lowest BCUT2D eigenvalue weighted by atomic mass is 10.1. The van der Waals surface area contributed by atoms with Gasteiger partial charge in [0.15, 0.2) is 17.3 Å². The van der Waals surface area contributed by atoms with E-state index in [1.54, 1.807) is 18.8 Å². The maximum Gasteiger partial charge on any atom is 0.320 e. The summed E-state index contributed by atoms with van der Waals surface area (Å²) in [5.41, 5.74) is 5.86. The number of carboxylic acid groups (broad SMARTS) is 1. The molecule has 0 bridgehead atoms. The number of thioether (sulfide) groups is 1. The first kappa shape index (κ1) is 29.6. The number of nitrogens with two attached hydrogens (primary N) is 1. The molecule has 1 aromatic carbocycles. The fourth-order valence-electron chi connectivity index (χ4n) is 2.67. The van der Waals surface area contributed by atoms with Crippen molar-refractivity contribution in [3.8, 4) is 11.5 Å². The first-order valence-electron chi connectivity index (χ1n) is 10.6. The number of phenolic OH excluding ortho intramolecular Hbond substituents is 2. The highest BCUT2D eigenvalue weighted by Crippen LogP contribution is 2.25. The van der Waals surface area contributed by atoms with Gasteiger partial charge in [0.1, 0.15) is 17.6 Å². The van der Waals surface area contributed by atoms with Gasteiger partial charge in [0.05, 0.1) is 17.2 Å². The molecule has 1 heterocycles. The number of hydrogen-bond donors (Lipinski definition) is 6. The van der Waals surface area contributed by atoms with Crippen LogP contribution in [0.4, 0.5) is 0 Å². The van der Waals surface area contributed by atoms with Crippen LogP contribution in [0.25, 0.3) is 0 Å². The van der Waals surface area contributed by atoms with Crippen LogP contribution in [0, 0.1) is 10.1 Å². The van der Waals surface area contributed by atoms with Gasteiger partial charge >= 0.3 is 5.97 Å². The highest BCUT2D eigenvalue weighted by molar-refractivity contribution is 7.98. The lowest BCUT2D eigenvalue weighted by Gasteiger charge is -2.07. The summed E-state index contributed by atoms with van der Waals surface area (Å²) in [5.74, 6) is 2.33. The predicted molar refractivity (Wildman–Crippen MR) is 133 cm³/mol. The lowest BCUT2D eigenvalue weighted by molar-refractivity contribution is -0.404. The molecule has 0 spiro atoms. The Labute approximate surface area is 207 Å². The summed E-state index contributed by atoms with van der Waals surface area (Å²) in [4.78, 5) is 22.3. The van der Waals surface area contributed by atoms with Gasteiger partial charge in [0, 0.05) is 19.3 Å². The van der Waals surface area contributed by atoms with E-state index in [2.05, 4.69) is 15.5 Å². The molecule has 35 heavy (non-hydrogen) atoms. The van der Waals surface area contributed by atoms with E-state index in [1.165, 1.54) is 18.2 Å². The number of nitro groups is 1. The van der Waals surface area contributed by atoms with Crippen molar-refractivity contribution in [3.05, 3.63) is 69.6 Å². The maximum atomic E-state index is 10.4. The molecule has 13 heteroatoms. The smallest absolute Gasteiger partial charge is 0.320 e. The molecule has 1 atom stereocenters. The molecule has 0 amide bonds. The van der Waals surface area contributed by atoms with Crippen molar-refractivity contribution in [3.63, 3.8) is 0 Å². The van der Waals surface area contributed by atoms with Crippen molar-refractivity contribution in [1.29, 1.82) is 0 Å². The molecule has 1 unspecified atom stereocenters. The third-order valence-electron chi connectivity index (χ3n) is 4.31. The molecule has 2 rings (SSSR count). The van der Waals surface area contributed by atoms with Gasteiger partial charge < -0.3 is 41.0 Å². The largest absolute Gasteiger partial charge is 0.504 e. The second-order valence-corrected chi connectivity index (χ2v) is 8.74. The van der Waals surface area contributed by atoms with Gasteiger partial charge in [-0.2, -0.15) is 11.8 Å². The third-order valence-corrected chi connectivity index (χ3v) is 5.29. The number of rotatable bonds is 13. The van der Waals surface area contributed by atoms with E-state index in [0.717, 1.165) is 35.8 Å². The SMILES string of the molecule is CN/C(=C/[N+](=O)[O-])NCCSCc1ccc(CN(C)C)o1.NC(Cc1ccc(O)c(O)c1)C(=O)O. The zero-order chi connectivity index (χ0) is 26.4. The highest BCUT2D eigenvalue weighted by Gasteiger charge is 2.12. The van der Waals surface area contributed by atoms with Crippen LogP contribution in [0.1, 0.15) is 17.1 Å². The quantitative estimate of drug-likeness (QED) is 0.0986. The summed E-state index contributed by atoms with van der Waals surface area (Å²) in [6.07, 6.45) is 1.04. The van der Waals surface area contributed by atoms with Gasteiger partial charge in [-0.15, -0.1) is 0 Å². The lowest BCUT2D eigenvalue weighted by Crippen LogP contribution is -2.32. The second kappa shape index (κ2) is 15.5. The Morgan fingerprint density at radius 2 is 1.94 bits per heavy atom. The van der Waals surface area contributed by atoms with Crippen molar-refractivity contribution in [2.45, 2.75) is 24.8 Å². The number of carboxylic acids is 1. The average molecular weight is 512 g/mol. The van der Waals surface area contributed by atoms with E-state index in [0.29, 0.717) is 17.9 Å². The zero-order valence-electron chi connectivity index (χ0n) is 19.9. The molecule has 0 aliphatic heterocycles. The molecule has 0 radical (unpaired) electrons. The van der Waals surface area contributed by atoms with Crippen molar-refractivity contribution < 1.29 is 29.5 Å². The van der Waals surface area contributed by atoms with Crippen LogP contribution >= 0.6 is 11.8 Å². The Balaban J connectivity index is 0.000000379. The van der Waals surface area contributed by atoms with E-state index >= 15 is 0 Å². The Kier molecular flexibility index (Phi) is 13.1. The number of nitrogens with zero attached hydrogens (tertiary/aromatic N) is 2. The monoisotopic (exact) mass is 511 g/mol. The summed E-state index contributed by atoms with van der Waals surface area (Å²) < 4.78 is 5.70. The number of furan rings is 1. The van der Waals surface area contributed by atoms with Crippen molar-refractivity contribution in [1.82, 2.24) is 15.5 Å². The molecular formula is C22H33N5O7S. The van der Waals surface area contributed by atoms with Crippen LogP contribution in [0.3, 0.4) is 0 Å². The van der Waals surface area contributed by atoms with Gasteiger partial charge in [-0.1, -0.05) is 6.07 Å². The fraction of sp³-hybridized carbons (Fsp3) is 0.409. The molecule has 0 saturated heterocycles. The summed E-state index contributed by atoms with van der Waals surface area (Å²) in [7, 11) is 5.64. The minimum absolute atomic E-state index is 0.114. The summed E-state index contributed by atoms with van der Waals surface area (Å²) in [6, 6.07) is 7.08. The van der Waals surface area contributed by atoms with Gasteiger partial charge in [-0.05, 0) is 50.3 Å². The second-order valence-electron chi connectivity index (χ2n) is 7.64. The molecule has 12 nitrogen and oxygen atoms in total. The number of aromatic hydroxyl groups is 2. The van der Waals surface area contributed by atoms with E-state index in [4.69, 9.17) is 25.5 Å². The Morgan fingerprint density at radius 1 is 1.26 bits per heavy atom. The number of carbonyl (C=O) groups is 1. The average Bonchev–Trinajstić information content (AvgIpc) is 3.21. The first-order valence-corrected chi connectivity index (χ1v) is 11.7. The standard InChI is InChI=1S/C13H22N4O3S.C9H11NO4/c1-14-13(9-17(18)19)15-6-7-21-10-12-5-4-11(20-12)8-16(2)3;10-6(9(13)14)3-5-1-2-7(11)8(12)4-5/h4-5,9,14-15H,6-8,10H2,1-3H3;1-2,4,6,11-12H,3,10H2,(H,13,14)/b13-9-;. The molecule has 0 aliphatic carbocycles. The number of aliphatic carboxylic acids is 1. The Bertz CT molecular complexity index is 981. The Morgan fingerprint density at radius 3 is 2.51 bits per heavy atom. The van der Waals surface area contributed by atoms with Crippen LogP contribution in [-0.4, -0.2) is 70.6 Å². The molecule has 0 fully saturated rings. The van der Waals surface area contributed by atoms with Crippen LogP contribution < -0.4 is 16.4 Å². The molecule has 0 aliphatic rings. The number of phenols is 2. The predicted octanol–water partition coefficient (Wildman–Crippen LogP) is 1.51. The molecule has 194 valence electrons. The fourth-order valence-corrected chi connectivity index (χ4v) is 3.42. The van der Waals surface area contributed by atoms with Crippen molar-refractivity contribution >= 4 is 17.7 Å². The minimum atomic E-state index is -1.10. The van der Waals surface area contributed by atoms with Crippen molar-refractivity contribution in [2.24, 2.45) is 5.73 Å². The Hall–Kier alpha value is -3.42. The zero-order valence-corrected chi connectivity index (χ0v) is 20.7. The van der Waals surface area contributed by atoms with Crippen LogP contribution in [0.15, 0.2) is 46.8 Å². The first-order chi connectivity index (χ1) is 16.5. The van der Waals surface area contributed by atoms with Crippen LogP contribution in [0.5, 0.6) is 11.5 Å². The normalized spacial score (nSPS) is 12.0. The summed E-state index contributed by atoms with van der Waals surface area (Å²) in [6.45, 7) is 1.44. The minimum Gasteiger partial charge on any atom is -0.504 e. The van der Waals surface area contributed by atoms with Crippen LogP contribution in [0.2, 0.25) is 0 Å². The van der Waals surface area contributed by atoms with Gasteiger partial charge in [0.2, 0.25) is 0 Å². The molecular weight excluding hydrogens is 478 g/mol. The molecule has 1 aromatic heterocycles. The van der Waals surface area contributed by atoms with Crippen LogP contribution in [-0.2, 0) is 23.5 Å². The topological polar surface area (TPSA) is 187 Å². The van der Waals surface area contributed by atoms with E-state index < -0.39 is 16.9 Å². The third kappa shape index (κ3) is 12.6. The van der Waals surface area contributed by atoms with Gasteiger partial charge in [-0.25, -0.2) is 0 Å². The van der Waals surface area contributed by atoms with E-state index in [-0.39, 0.29) is 17.9 Å². The molecule has 2 aromatic rings. The van der Waals surface area contributed by atoms with Gasteiger partial charge in [0.25, 0.3) is 6.20 Å². The molecule has 0 saturated carbocycles. The highest BCUT2D eigenvalue weighted by atomic mass is 32.2. The summed E-state index contributed by atoms with van der Waals surface area (Å²) >= 11 is 1.72. The van der Waals surface area contributed by atoms with Gasteiger partial charge in [-0.3, -0.25) is 14.9 Å². The van der Waals surface area contributed by atoms with Crippen molar-refractivity contribution in [2.75, 3.05) is 33.4 Å². The number of hydrogen-bond acceptors (Lipinski definition) is 11. The van der Waals surface area contributed by atoms with E-state index in [9.17, 15) is 14.9 Å². The summed E-state index contributed by atoms with van der Waals surface area (Å²) in [5, 5.41) is 42.7.